The van der Waals surface area contributed by atoms with Crippen LogP contribution < -0.4 is 5.84 Å². The molecule has 0 radical (unpaired) electrons. The van der Waals surface area contributed by atoms with Crippen LogP contribution in [0.25, 0.3) is 11.1 Å². The average molecular weight is 231 g/mol. The van der Waals surface area contributed by atoms with Crippen molar-refractivity contribution in [2.45, 2.75) is 6.92 Å². The van der Waals surface area contributed by atoms with Crippen LogP contribution in [-0.2, 0) is 0 Å². The Balaban J connectivity index is 2.56. The van der Waals surface area contributed by atoms with Crippen molar-refractivity contribution in [1.82, 2.24) is 9.66 Å². The first-order valence-electron chi connectivity index (χ1n) is 5.16. The molecule has 2 heterocycles. The van der Waals surface area contributed by atoms with E-state index in [1.807, 2.05) is 12.1 Å². The zero-order valence-corrected chi connectivity index (χ0v) is 9.42. The molecule has 3 N–H and O–H groups in total. The first-order valence-corrected chi connectivity index (χ1v) is 5.16. The summed E-state index contributed by atoms with van der Waals surface area (Å²) < 4.78 is 1.25. The van der Waals surface area contributed by atoms with Crippen molar-refractivity contribution < 1.29 is 9.90 Å². The average Bonchev–Trinajstić information content (AvgIpc) is 2.65. The highest BCUT2D eigenvalue weighted by Crippen LogP contribution is 2.26. The molecule has 0 atom stereocenters. The largest absolute Gasteiger partial charge is 0.388 e. The lowest BCUT2D eigenvalue weighted by atomic mass is 10.0. The van der Waals surface area contributed by atoms with Gasteiger partial charge in [0.15, 0.2) is 0 Å². The molecule has 2 rings (SSSR count). The predicted octanol–water partition coefficient (Wildman–Crippen LogP) is 0.747. The predicted molar refractivity (Wildman–Crippen MR) is 64.0 cm³/mol. The van der Waals surface area contributed by atoms with Crippen LogP contribution in [0.15, 0.2) is 30.7 Å². The number of nitrogens with two attached hydrogens (primary N) is 1. The first-order chi connectivity index (χ1) is 8.15. The number of hydrogen-bond donors (Lipinski definition) is 2. The van der Waals surface area contributed by atoms with E-state index >= 15 is 0 Å². The normalized spacial score (nSPS) is 10.5. The van der Waals surface area contributed by atoms with Gasteiger partial charge in [-0.1, -0.05) is 6.07 Å². The second-order valence-electron chi connectivity index (χ2n) is 3.75. The Morgan fingerprint density at radius 1 is 1.59 bits per heavy atom. The van der Waals surface area contributed by atoms with E-state index in [0.717, 1.165) is 16.7 Å². The fourth-order valence-corrected chi connectivity index (χ4v) is 1.86. The second-order valence-corrected chi connectivity index (χ2v) is 3.75. The minimum atomic E-state index is -0.547. The van der Waals surface area contributed by atoms with E-state index in [4.69, 9.17) is 10.9 Å². The number of aromatic nitrogens is 2. The van der Waals surface area contributed by atoms with E-state index in [2.05, 4.69) is 4.98 Å². The number of rotatable bonds is 3. The third-order valence-corrected chi connectivity index (χ3v) is 2.67. The van der Waals surface area contributed by atoms with Crippen molar-refractivity contribution in [2.24, 2.45) is 0 Å². The summed E-state index contributed by atoms with van der Waals surface area (Å²) in [6.07, 6.45) is 5.04. The summed E-state index contributed by atoms with van der Waals surface area (Å²) in [5, 5.41) is 8.89. The number of nitrogen functional groups attached to an aromatic ring is 1. The fourth-order valence-electron chi connectivity index (χ4n) is 1.86. The van der Waals surface area contributed by atoms with Crippen LogP contribution in [0.4, 0.5) is 0 Å². The molecule has 0 bridgehead atoms. The molecule has 0 aliphatic rings. The third kappa shape index (κ3) is 1.92. The molecule has 0 amide bonds. The van der Waals surface area contributed by atoms with Gasteiger partial charge in [-0.25, -0.2) is 0 Å². The summed E-state index contributed by atoms with van der Waals surface area (Å²) in [6.45, 7) is 1.25. The van der Waals surface area contributed by atoms with Gasteiger partial charge in [-0.3, -0.25) is 14.5 Å². The van der Waals surface area contributed by atoms with Crippen LogP contribution in [0.2, 0.25) is 0 Å². The van der Waals surface area contributed by atoms with Gasteiger partial charge in [-0.05, 0) is 18.6 Å². The molecule has 17 heavy (non-hydrogen) atoms. The van der Waals surface area contributed by atoms with Crippen LogP contribution in [0, 0.1) is 6.92 Å². The molecule has 2 aromatic heterocycles. The lowest BCUT2D eigenvalue weighted by molar-refractivity contribution is 0.0895. The van der Waals surface area contributed by atoms with Gasteiger partial charge in [0.05, 0.1) is 0 Å². The van der Waals surface area contributed by atoms with Crippen LogP contribution >= 0.6 is 0 Å². The molecule has 2 aromatic rings. The smallest absolute Gasteiger partial charge is 0.206 e. The SMILES string of the molecule is Cc1c(-c2cccnc2)cn(N)c1C(=O)CO. The van der Waals surface area contributed by atoms with Crippen molar-refractivity contribution in [3.8, 4) is 11.1 Å². The van der Waals surface area contributed by atoms with Gasteiger partial charge in [0, 0.05) is 29.7 Å². The van der Waals surface area contributed by atoms with Gasteiger partial charge >= 0.3 is 0 Å². The monoisotopic (exact) mass is 231 g/mol. The maximum Gasteiger partial charge on any atom is 0.206 e. The number of hydrogen-bond acceptors (Lipinski definition) is 4. The van der Waals surface area contributed by atoms with Gasteiger partial charge < -0.3 is 10.9 Å². The highest BCUT2D eigenvalue weighted by molar-refractivity contribution is 5.98. The molecule has 0 spiro atoms. The van der Waals surface area contributed by atoms with Gasteiger partial charge in [0.25, 0.3) is 0 Å². The topological polar surface area (TPSA) is 81.1 Å². The molecular weight excluding hydrogens is 218 g/mol. The third-order valence-electron chi connectivity index (χ3n) is 2.67. The summed E-state index contributed by atoms with van der Waals surface area (Å²) >= 11 is 0. The standard InChI is InChI=1S/C12H13N3O2/c1-8-10(9-3-2-4-14-5-9)6-15(13)12(8)11(17)7-16/h2-6,16H,7,13H2,1H3. The van der Waals surface area contributed by atoms with Gasteiger partial charge in [0.2, 0.25) is 5.78 Å². The minimum Gasteiger partial charge on any atom is -0.388 e. The molecule has 0 unspecified atom stereocenters. The van der Waals surface area contributed by atoms with Crippen molar-refractivity contribution in [1.29, 1.82) is 0 Å². The highest BCUT2D eigenvalue weighted by Gasteiger charge is 2.17. The number of carbonyl (C=O) groups excluding carboxylic acids is 1. The van der Waals surface area contributed by atoms with E-state index in [0.29, 0.717) is 5.69 Å². The van der Waals surface area contributed by atoms with Gasteiger partial charge in [-0.15, -0.1) is 0 Å². The van der Waals surface area contributed by atoms with Crippen LogP contribution in [0.5, 0.6) is 0 Å². The molecular formula is C12H13N3O2. The summed E-state index contributed by atoms with van der Waals surface area (Å²) in [7, 11) is 0. The second kappa shape index (κ2) is 4.39. The summed E-state index contributed by atoms with van der Waals surface area (Å²) in [4.78, 5) is 15.6. The fraction of sp³-hybridized carbons (Fsp3) is 0.167. The highest BCUT2D eigenvalue weighted by atomic mass is 16.3. The summed E-state index contributed by atoms with van der Waals surface area (Å²) in [5.41, 5.74) is 2.81. The molecule has 0 aliphatic heterocycles. The van der Waals surface area contributed by atoms with Crippen LogP contribution in [-0.4, -0.2) is 27.2 Å². The van der Waals surface area contributed by atoms with Crippen molar-refractivity contribution in [2.75, 3.05) is 12.4 Å². The number of ketones is 1. The molecule has 88 valence electrons. The summed E-state index contributed by atoms with van der Waals surface area (Å²) in [6, 6.07) is 3.71. The Kier molecular flexibility index (Phi) is 2.93. The Morgan fingerprint density at radius 3 is 2.94 bits per heavy atom. The maximum atomic E-state index is 11.5. The van der Waals surface area contributed by atoms with E-state index in [1.165, 1.54) is 4.68 Å². The molecule has 0 saturated carbocycles. The Morgan fingerprint density at radius 2 is 2.35 bits per heavy atom. The van der Waals surface area contributed by atoms with Crippen molar-refractivity contribution in [3.63, 3.8) is 0 Å². The van der Waals surface area contributed by atoms with Gasteiger partial charge in [-0.2, -0.15) is 0 Å². The number of carbonyl (C=O) groups is 1. The number of nitrogens with zero attached hydrogens (tertiary/aromatic N) is 2. The van der Waals surface area contributed by atoms with Gasteiger partial charge in [0.1, 0.15) is 12.3 Å². The molecule has 5 nitrogen and oxygen atoms in total. The maximum absolute atomic E-state index is 11.5. The molecule has 0 fully saturated rings. The van der Waals surface area contributed by atoms with E-state index in [9.17, 15) is 4.79 Å². The number of aliphatic hydroxyl groups excluding tert-OH is 1. The lowest BCUT2D eigenvalue weighted by Crippen LogP contribution is -2.18. The van der Waals surface area contributed by atoms with Crippen LogP contribution in [0.3, 0.4) is 0 Å². The van der Waals surface area contributed by atoms with Crippen molar-refractivity contribution >= 4 is 5.78 Å². The quantitative estimate of drug-likeness (QED) is 0.603. The Labute approximate surface area is 98.5 Å². The van der Waals surface area contributed by atoms with Crippen molar-refractivity contribution in [3.05, 3.63) is 42.0 Å². The number of pyridine rings is 1. The Hall–Kier alpha value is -2.14. The van der Waals surface area contributed by atoms with Crippen LogP contribution in [0.1, 0.15) is 16.1 Å². The number of Topliss-reactive ketones (excluding diaryl/α,β-unsaturated/α-hetero) is 1. The van der Waals surface area contributed by atoms with E-state index in [-0.39, 0.29) is 5.78 Å². The number of aliphatic hydroxyl groups is 1. The minimum absolute atomic E-state index is 0.325. The first kappa shape index (κ1) is 11.3. The molecule has 0 aromatic carbocycles. The zero-order chi connectivity index (χ0) is 12.4. The lowest BCUT2D eigenvalue weighted by Gasteiger charge is -2.01. The van der Waals surface area contributed by atoms with E-state index < -0.39 is 6.61 Å². The molecule has 0 saturated heterocycles. The molecule has 0 aliphatic carbocycles. The van der Waals surface area contributed by atoms with E-state index in [1.54, 1.807) is 25.5 Å². The summed E-state index contributed by atoms with van der Waals surface area (Å²) in [5.74, 6) is 5.33. The Bertz CT molecular complexity index is 546. The molecule has 5 heteroatoms. The zero-order valence-electron chi connectivity index (χ0n) is 9.42.